The van der Waals surface area contributed by atoms with E-state index in [0.29, 0.717) is 52.9 Å². The second-order valence-corrected chi connectivity index (χ2v) is 12.8. The fraction of sp³-hybridized carbons (Fsp3) is 0.314. The van der Waals surface area contributed by atoms with Crippen molar-refractivity contribution in [3.8, 4) is 22.6 Å². The van der Waals surface area contributed by atoms with Gasteiger partial charge in [0.15, 0.2) is 5.75 Å². The number of aromatic nitrogens is 2. The highest BCUT2D eigenvalue weighted by atomic mass is 35.5. The first-order chi connectivity index (χ1) is 23.3. The summed E-state index contributed by atoms with van der Waals surface area (Å²) >= 11 is 12.6. The van der Waals surface area contributed by atoms with Crippen molar-refractivity contribution in [1.82, 2.24) is 15.1 Å². The lowest BCUT2D eigenvalue weighted by molar-refractivity contribution is -0.136. The van der Waals surface area contributed by atoms with E-state index >= 15 is 4.39 Å². The second kappa shape index (κ2) is 15.2. The largest absolute Gasteiger partial charge is 0.491 e. The number of halogens is 3. The zero-order valence-corrected chi connectivity index (χ0v) is 28.6. The number of carbonyl (C=O) groups excluding carboxylic acids is 2. The van der Waals surface area contributed by atoms with Crippen molar-refractivity contribution < 1.29 is 38.1 Å². The standard InChI is InChI=1S/C35H35Cl2FN4O7/c1-21-26(36)8-5-10-30(21)49-35(2,3)20-48-34(46)42-13-6-14-47-32-24(7-4-9-29(32)42)23-17-40-41(18-23)19-25-27(37)15-22(16-28(25)38)33(45)39-12-11-31(43)44/h4-5,7-10,15-18H,6,11-14,19-20H2,1-3H3,(H,39,45)(H,43,44). The van der Waals surface area contributed by atoms with Gasteiger partial charge in [0.25, 0.3) is 5.91 Å². The van der Waals surface area contributed by atoms with E-state index in [1.54, 1.807) is 36.7 Å². The van der Waals surface area contributed by atoms with E-state index in [-0.39, 0.29) is 42.3 Å². The molecule has 0 radical (unpaired) electrons. The molecule has 3 aromatic carbocycles. The Morgan fingerprint density at radius 1 is 1.12 bits per heavy atom. The van der Waals surface area contributed by atoms with Crippen LogP contribution < -0.4 is 19.7 Å². The van der Waals surface area contributed by atoms with E-state index in [2.05, 4.69) is 10.4 Å². The highest BCUT2D eigenvalue weighted by Crippen LogP contribution is 2.40. The molecule has 11 nitrogen and oxygen atoms in total. The van der Waals surface area contributed by atoms with Crippen molar-refractivity contribution in [2.45, 2.75) is 45.8 Å². The number of aliphatic carboxylic acids is 1. The number of hydrogen-bond donors (Lipinski definition) is 2. The summed E-state index contributed by atoms with van der Waals surface area (Å²) in [6, 6.07) is 13.2. The molecule has 5 rings (SSSR count). The van der Waals surface area contributed by atoms with Gasteiger partial charge in [0.1, 0.15) is 23.8 Å². The average Bonchev–Trinajstić information content (AvgIpc) is 3.41. The zero-order chi connectivity index (χ0) is 35.3. The molecule has 0 unspecified atom stereocenters. The van der Waals surface area contributed by atoms with E-state index in [1.807, 2.05) is 32.9 Å². The summed E-state index contributed by atoms with van der Waals surface area (Å²) in [5.74, 6) is -1.34. The maximum absolute atomic E-state index is 15.1. The number of fused-ring (bicyclic) bond motifs is 1. The Bertz CT molecular complexity index is 1860. The summed E-state index contributed by atoms with van der Waals surface area (Å²) in [7, 11) is 0. The van der Waals surface area contributed by atoms with Gasteiger partial charge in [0, 0.05) is 57.1 Å². The van der Waals surface area contributed by atoms with Crippen LogP contribution in [0.5, 0.6) is 11.5 Å². The Kier molecular flexibility index (Phi) is 11.0. The molecule has 2 heterocycles. The Hall–Kier alpha value is -4.81. The topological polar surface area (TPSA) is 132 Å². The minimum Gasteiger partial charge on any atom is -0.491 e. The van der Waals surface area contributed by atoms with E-state index in [0.717, 1.165) is 11.6 Å². The number of benzene rings is 3. The minimum absolute atomic E-state index is 0.0165. The van der Waals surface area contributed by atoms with Crippen molar-refractivity contribution in [3.63, 3.8) is 0 Å². The van der Waals surface area contributed by atoms with Gasteiger partial charge in [-0.1, -0.05) is 41.4 Å². The lowest BCUT2D eigenvalue weighted by atomic mass is 10.1. The van der Waals surface area contributed by atoms with Crippen LogP contribution in [0.4, 0.5) is 14.9 Å². The Morgan fingerprint density at radius 3 is 2.65 bits per heavy atom. The van der Waals surface area contributed by atoms with E-state index in [1.165, 1.54) is 15.6 Å². The van der Waals surface area contributed by atoms with E-state index in [4.69, 9.17) is 42.5 Å². The summed E-state index contributed by atoms with van der Waals surface area (Å²) in [6.07, 6.45) is 3.05. The minimum atomic E-state index is -1.07. The van der Waals surface area contributed by atoms with Crippen LogP contribution in [0.2, 0.25) is 10.0 Å². The molecule has 0 atom stereocenters. The Labute approximate surface area is 292 Å². The molecule has 2 N–H and O–H groups in total. The molecular formula is C35H35Cl2FN4O7. The third kappa shape index (κ3) is 8.62. The number of rotatable bonds is 11. The maximum Gasteiger partial charge on any atom is 0.414 e. The molecule has 0 saturated carbocycles. The Morgan fingerprint density at radius 2 is 1.90 bits per heavy atom. The van der Waals surface area contributed by atoms with Crippen LogP contribution in [0.3, 0.4) is 0 Å². The number of hydrogen-bond acceptors (Lipinski definition) is 7. The molecule has 258 valence electrons. The number of carboxylic acids is 1. The third-order valence-corrected chi connectivity index (χ3v) is 8.46. The van der Waals surface area contributed by atoms with Crippen molar-refractivity contribution in [2.75, 3.05) is 31.2 Å². The van der Waals surface area contributed by atoms with Crippen molar-refractivity contribution in [1.29, 1.82) is 0 Å². The second-order valence-electron chi connectivity index (χ2n) is 12.0. The van der Waals surface area contributed by atoms with Crippen LogP contribution in [0, 0.1) is 12.7 Å². The van der Waals surface area contributed by atoms with Gasteiger partial charge < -0.3 is 24.6 Å². The molecule has 1 aliphatic rings. The van der Waals surface area contributed by atoms with Gasteiger partial charge in [0.05, 0.1) is 31.5 Å². The number of nitrogens with one attached hydrogen (secondary N) is 1. The molecule has 0 spiro atoms. The predicted octanol–water partition coefficient (Wildman–Crippen LogP) is 7.14. The number of nitrogens with zero attached hydrogens (tertiary/aromatic N) is 3. The van der Waals surface area contributed by atoms with Gasteiger partial charge in [-0.3, -0.25) is 19.2 Å². The first-order valence-electron chi connectivity index (χ1n) is 15.5. The first-order valence-corrected chi connectivity index (χ1v) is 16.2. The maximum atomic E-state index is 15.1. The number of para-hydroxylation sites is 1. The SMILES string of the molecule is Cc1c(Cl)cccc1OC(C)(C)COC(=O)N1CCCOc2c(-c3cnn(Cc4c(F)cc(C(=O)NCCC(=O)O)cc4Cl)c3)cccc21. The number of ether oxygens (including phenoxy) is 3. The highest BCUT2D eigenvalue weighted by Gasteiger charge is 2.29. The molecule has 49 heavy (non-hydrogen) atoms. The van der Waals surface area contributed by atoms with Gasteiger partial charge in [-0.15, -0.1) is 0 Å². The van der Waals surface area contributed by atoms with Crippen LogP contribution in [-0.2, 0) is 16.1 Å². The smallest absolute Gasteiger partial charge is 0.414 e. The van der Waals surface area contributed by atoms with Crippen LogP contribution in [0.1, 0.15) is 48.2 Å². The summed E-state index contributed by atoms with van der Waals surface area (Å²) in [6.45, 7) is 6.08. The monoisotopic (exact) mass is 712 g/mol. The fourth-order valence-corrected chi connectivity index (χ4v) is 5.62. The van der Waals surface area contributed by atoms with Crippen molar-refractivity contribution >= 4 is 46.9 Å². The van der Waals surface area contributed by atoms with Crippen molar-refractivity contribution in [3.05, 3.63) is 93.5 Å². The number of carboxylic acid groups (broad SMARTS) is 1. The molecule has 14 heteroatoms. The number of anilines is 1. The van der Waals surface area contributed by atoms with E-state index in [9.17, 15) is 14.4 Å². The van der Waals surface area contributed by atoms with Crippen LogP contribution in [0.15, 0.2) is 60.9 Å². The molecule has 1 aromatic heterocycles. The predicted molar refractivity (Wildman–Crippen MR) is 182 cm³/mol. The molecule has 0 saturated heterocycles. The molecule has 0 aliphatic carbocycles. The lowest BCUT2D eigenvalue weighted by Crippen LogP contribution is -2.39. The fourth-order valence-electron chi connectivity index (χ4n) is 5.18. The number of carbonyl (C=O) groups is 3. The Balaban J connectivity index is 1.30. The summed E-state index contributed by atoms with van der Waals surface area (Å²) in [4.78, 5) is 38.0. The van der Waals surface area contributed by atoms with E-state index < -0.39 is 29.4 Å². The van der Waals surface area contributed by atoms with Crippen molar-refractivity contribution in [2.24, 2.45) is 0 Å². The molecule has 0 bridgehead atoms. The highest BCUT2D eigenvalue weighted by molar-refractivity contribution is 6.32. The van der Waals surface area contributed by atoms with Crippen LogP contribution in [0.25, 0.3) is 11.1 Å². The van der Waals surface area contributed by atoms with Crippen LogP contribution >= 0.6 is 23.2 Å². The molecule has 4 aromatic rings. The quantitative estimate of drug-likeness (QED) is 0.168. The average molecular weight is 714 g/mol. The molecular weight excluding hydrogens is 678 g/mol. The first kappa shape index (κ1) is 35.5. The summed E-state index contributed by atoms with van der Waals surface area (Å²) in [5.41, 5.74) is 1.89. The normalized spacial score (nSPS) is 12.8. The summed E-state index contributed by atoms with van der Waals surface area (Å²) in [5, 5.41) is 16.2. The van der Waals surface area contributed by atoms with Gasteiger partial charge in [-0.05, 0) is 57.5 Å². The van der Waals surface area contributed by atoms with Gasteiger partial charge >= 0.3 is 12.1 Å². The van der Waals surface area contributed by atoms with Gasteiger partial charge in [-0.25, -0.2) is 9.18 Å². The summed E-state index contributed by atoms with van der Waals surface area (Å²) < 4.78 is 34.6. The molecule has 2 amide bonds. The molecule has 0 fully saturated rings. The lowest BCUT2D eigenvalue weighted by Gasteiger charge is -2.29. The van der Waals surface area contributed by atoms with Gasteiger partial charge in [-0.2, -0.15) is 5.10 Å². The van der Waals surface area contributed by atoms with Crippen LogP contribution in [-0.4, -0.2) is 64.8 Å². The third-order valence-electron chi connectivity index (χ3n) is 7.72. The van der Waals surface area contributed by atoms with Gasteiger partial charge in [0.2, 0.25) is 0 Å². The number of amides is 2. The zero-order valence-electron chi connectivity index (χ0n) is 27.1. The molecule has 1 aliphatic heterocycles.